The average molecular weight is 393 g/mol. The summed E-state index contributed by atoms with van der Waals surface area (Å²) in [6.45, 7) is 0. The molecule has 0 atom stereocenters. The number of hydrogen-bond acceptors (Lipinski definition) is 5. The Morgan fingerprint density at radius 2 is 1.96 bits per heavy atom. The molecule has 142 valence electrons. The Balaban J connectivity index is 1.62. The molecule has 1 amide bonds. The Kier molecular flexibility index (Phi) is 4.99. The highest BCUT2D eigenvalue weighted by atomic mass is 32.1. The van der Waals surface area contributed by atoms with Crippen LogP contribution in [0.15, 0.2) is 60.1 Å². The van der Waals surface area contributed by atoms with Crippen LogP contribution in [-0.4, -0.2) is 29.5 Å². The van der Waals surface area contributed by atoms with Gasteiger partial charge in [0.25, 0.3) is 0 Å². The summed E-state index contributed by atoms with van der Waals surface area (Å²) in [6.07, 6.45) is 2.19. The van der Waals surface area contributed by atoms with Gasteiger partial charge in [-0.05, 0) is 30.3 Å². The maximum Gasteiger partial charge on any atom is 0.230 e. The zero-order chi connectivity index (χ0) is 19.5. The monoisotopic (exact) mass is 393 g/mol. The van der Waals surface area contributed by atoms with Crippen LogP contribution in [0, 0.1) is 0 Å². The third-order valence-corrected chi connectivity index (χ3v) is 5.25. The number of thiazole rings is 1. The molecule has 1 N–H and O–H groups in total. The largest absolute Gasteiger partial charge is 0.497 e. The number of nitrogens with one attached hydrogen (secondary N) is 1. The van der Waals surface area contributed by atoms with Crippen LogP contribution >= 0.6 is 11.3 Å². The molecule has 0 spiro atoms. The number of imidazole rings is 1. The molecule has 4 aromatic rings. The Hall–Kier alpha value is -3.32. The Morgan fingerprint density at radius 3 is 2.71 bits per heavy atom. The van der Waals surface area contributed by atoms with E-state index in [2.05, 4.69) is 5.32 Å². The van der Waals surface area contributed by atoms with E-state index in [0.717, 1.165) is 39.1 Å². The van der Waals surface area contributed by atoms with E-state index >= 15 is 0 Å². The molecule has 2 heterocycles. The number of para-hydroxylation sites is 1. The molecule has 0 unspecified atom stereocenters. The number of nitrogens with zero attached hydrogens (tertiary/aromatic N) is 2. The van der Waals surface area contributed by atoms with Crippen molar-refractivity contribution in [2.45, 2.75) is 6.42 Å². The summed E-state index contributed by atoms with van der Waals surface area (Å²) in [5.41, 5.74) is 3.28. The van der Waals surface area contributed by atoms with Crippen LogP contribution in [0.3, 0.4) is 0 Å². The van der Waals surface area contributed by atoms with Gasteiger partial charge in [0.05, 0.1) is 26.3 Å². The van der Waals surface area contributed by atoms with E-state index in [1.54, 1.807) is 14.2 Å². The number of anilines is 1. The molecular formula is C21H19N3O3S. The Labute approximate surface area is 166 Å². The minimum absolute atomic E-state index is 0.0693. The molecule has 2 aromatic heterocycles. The summed E-state index contributed by atoms with van der Waals surface area (Å²) in [4.78, 5) is 17.9. The number of methoxy groups -OCH3 is 2. The molecule has 0 radical (unpaired) electrons. The van der Waals surface area contributed by atoms with Gasteiger partial charge in [-0.2, -0.15) is 0 Å². The van der Waals surface area contributed by atoms with Crippen LogP contribution in [0.1, 0.15) is 5.69 Å². The molecule has 4 rings (SSSR count). The third kappa shape index (κ3) is 3.57. The van der Waals surface area contributed by atoms with E-state index in [1.807, 2.05) is 64.5 Å². The first-order valence-electron chi connectivity index (χ1n) is 8.70. The quantitative estimate of drug-likeness (QED) is 0.532. The summed E-state index contributed by atoms with van der Waals surface area (Å²) >= 11 is 1.50. The molecule has 28 heavy (non-hydrogen) atoms. The molecule has 0 fully saturated rings. The molecule has 6 nitrogen and oxygen atoms in total. The number of fused-ring (bicyclic) bond motifs is 1. The third-order valence-electron chi connectivity index (χ3n) is 4.37. The van der Waals surface area contributed by atoms with Crippen molar-refractivity contribution in [3.05, 3.63) is 65.8 Å². The summed E-state index contributed by atoms with van der Waals surface area (Å²) < 4.78 is 12.7. The number of ether oxygens (including phenoxy) is 2. The van der Waals surface area contributed by atoms with Crippen molar-refractivity contribution in [1.29, 1.82) is 0 Å². The molecule has 0 saturated carbocycles. The van der Waals surface area contributed by atoms with E-state index in [9.17, 15) is 4.79 Å². The second-order valence-electron chi connectivity index (χ2n) is 6.16. The number of carbonyl (C=O) groups excluding carboxylic acids is 1. The fourth-order valence-corrected chi connectivity index (χ4v) is 3.86. The molecular weight excluding hydrogens is 374 g/mol. The molecule has 7 heteroatoms. The van der Waals surface area contributed by atoms with Crippen LogP contribution in [0.25, 0.3) is 16.2 Å². The summed E-state index contributed by atoms with van der Waals surface area (Å²) in [5.74, 6) is 1.38. The summed E-state index contributed by atoms with van der Waals surface area (Å²) in [5, 5.41) is 4.87. The molecule has 0 bridgehead atoms. The number of amides is 1. The smallest absolute Gasteiger partial charge is 0.230 e. The Bertz CT molecular complexity index is 1120. The van der Waals surface area contributed by atoms with Crippen molar-refractivity contribution < 1.29 is 14.3 Å². The fraction of sp³-hybridized carbons (Fsp3) is 0.143. The lowest BCUT2D eigenvalue weighted by molar-refractivity contribution is -0.115. The van der Waals surface area contributed by atoms with Gasteiger partial charge in [-0.25, -0.2) is 4.98 Å². The number of aromatic nitrogens is 2. The van der Waals surface area contributed by atoms with Gasteiger partial charge in [-0.15, -0.1) is 11.3 Å². The van der Waals surface area contributed by atoms with Gasteiger partial charge in [0.2, 0.25) is 5.91 Å². The van der Waals surface area contributed by atoms with E-state index in [-0.39, 0.29) is 12.3 Å². The average Bonchev–Trinajstić information content (AvgIpc) is 3.30. The molecule has 0 aliphatic carbocycles. The van der Waals surface area contributed by atoms with Crippen LogP contribution in [0.5, 0.6) is 11.5 Å². The van der Waals surface area contributed by atoms with Gasteiger partial charge in [0.15, 0.2) is 4.96 Å². The van der Waals surface area contributed by atoms with E-state index in [1.165, 1.54) is 11.3 Å². The highest BCUT2D eigenvalue weighted by Crippen LogP contribution is 2.34. The SMILES string of the molecule is COc1ccc(OC)c(-c2cn3c(CC(=O)Nc4ccccc4)csc3n2)c1. The number of hydrogen-bond donors (Lipinski definition) is 1. The van der Waals surface area contributed by atoms with Gasteiger partial charge in [0, 0.05) is 28.5 Å². The topological polar surface area (TPSA) is 64.9 Å². The maximum absolute atomic E-state index is 12.4. The predicted octanol–water partition coefficient (Wildman–Crippen LogP) is 4.26. The number of carbonyl (C=O) groups is 1. The second-order valence-corrected chi connectivity index (χ2v) is 7.00. The first kappa shape index (κ1) is 18.1. The first-order valence-corrected chi connectivity index (χ1v) is 9.58. The highest BCUT2D eigenvalue weighted by molar-refractivity contribution is 7.15. The normalized spacial score (nSPS) is 10.8. The van der Waals surface area contributed by atoms with Crippen LogP contribution in [-0.2, 0) is 11.2 Å². The maximum atomic E-state index is 12.4. The number of benzene rings is 2. The van der Waals surface area contributed by atoms with Crippen LogP contribution in [0.4, 0.5) is 5.69 Å². The minimum atomic E-state index is -0.0693. The Morgan fingerprint density at radius 1 is 1.14 bits per heavy atom. The van der Waals surface area contributed by atoms with Gasteiger partial charge < -0.3 is 14.8 Å². The van der Waals surface area contributed by atoms with Crippen molar-refractivity contribution in [3.63, 3.8) is 0 Å². The van der Waals surface area contributed by atoms with E-state index < -0.39 is 0 Å². The summed E-state index contributed by atoms with van der Waals surface area (Å²) in [6, 6.07) is 15.0. The van der Waals surface area contributed by atoms with Crippen molar-refractivity contribution >= 4 is 27.9 Å². The summed E-state index contributed by atoms with van der Waals surface area (Å²) in [7, 11) is 3.25. The molecule has 0 saturated heterocycles. The molecule has 2 aromatic carbocycles. The zero-order valence-corrected chi connectivity index (χ0v) is 16.3. The molecule has 0 aliphatic heterocycles. The van der Waals surface area contributed by atoms with Gasteiger partial charge in [-0.1, -0.05) is 18.2 Å². The highest BCUT2D eigenvalue weighted by Gasteiger charge is 2.15. The number of rotatable bonds is 6. The zero-order valence-electron chi connectivity index (χ0n) is 15.5. The lowest BCUT2D eigenvalue weighted by Crippen LogP contribution is -2.15. The van der Waals surface area contributed by atoms with Crippen molar-refractivity contribution in [1.82, 2.24) is 9.38 Å². The van der Waals surface area contributed by atoms with Gasteiger partial charge in [0.1, 0.15) is 11.5 Å². The van der Waals surface area contributed by atoms with E-state index in [0.29, 0.717) is 0 Å². The molecule has 0 aliphatic rings. The minimum Gasteiger partial charge on any atom is -0.497 e. The van der Waals surface area contributed by atoms with Crippen LogP contribution < -0.4 is 14.8 Å². The van der Waals surface area contributed by atoms with Gasteiger partial charge >= 0.3 is 0 Å². The van der Waals surface area contributed by atoms with E-state index in [4.69, 9.17) is 14.5 Å². The fourth-order valence-electron chi connectivity index (χ4n) is 2.99. The van der Waals surface area contributed by atoms with Crippen molar-refractivity contribution in [2.24, 2.45) is 0 Å². The lowest BCUT2D eigenvalue weighted by Gasteiger charge is -2.08. The standard InChI is InChI=1S/C21H19N3O3S/c1-26-16-8-9-19(27-2)17(11-16)18-12-24-15(13-28-21(24)23-18)10-20(25)22-14-6-4-3-5-7-14/h3-9,11-13H,10H2,1-2H3,(H,22,25). The second kappa shape index (κ2) is 7.74. The first-order chi connectivity index (χ1) is 13.7. The predicted molar refractivity (Wildman–Crippen MR) is 110 cm³/mol. The lowest BCUT2D eigenvalue weighted by atomic mass is 10.1. The van der Waals surface area contributed by atoms with Crippen molar-refractivity contribution in [3.8, 4) is 22.8 Å². The van der Waals surface area contributed by atoms with Crippen LogP contribution in [0.2, 0.25) is 0 Å². The van der Waals surface area contributed by atoms with Crippen molar-refractivity contribution in [2.75, 3.05) is 19.5 Å². The van der Waals surface area contributed by atoms with Gasteiger partial charge in [-0.3, -0.25) is 9.20 Å².